The predicted octanol–water partition coefficient (Wildman–Crippen LogP) is 2.89. The van der Waals surface area contributed by atoms with Crippen LogP contribution in [0.2, 0.25) is 5.02 Å². The molecule has 0 bridgehead atoms. The topological polar surface area (TPSA) is 38.0 Å². The van der Waals surface area contributed by atoms with E-state index in [0.717, 1.165) is 23.4 Å². The SMILES string of the molecule is Cc1cc(Cl)ccc1C(CN)NCC1CC1C. The van der Waals surface area contributed by atoms with Crippen molar-refractivity contribution in [3.63, 3.8) is 0 Å². The molecule has 0 radical (unpaired) electrons. The zero-order chi connectivity index (χ0) is 12.4. The first-order valence-corrected chi connectivity index (χ1v) is 6.69. The van der Waals surface area contributed by atoms with Crippen LogP contribution in [0.1, 0.15) is 30.5 Å². The van der Waals surface area contributed by atoms with Gasteiger partial charge in [-0.2, -0.15) is 0 Å². The number of aryl methyl sites for hydroxylation is 1. The van der Waals surface area contributed by atoms with E-state index in [4.69, 9.17) is 17.3 Å². The van der Waals surface area contributed by atoms with Gasteiger partial charge in [0.1, 0.15) is 0 Å². The van der Waals surface area contributed by atoms with Gasteiger partial charge in [0.25, 0.3) is 0 Å². The van der Waals surface area contributed by atoms with Gasteiger partial charge in [0.2, 0.25) is 0 Å². The molecule has 1 fully saturated rings. The molecule has 2 rings (SSSR count). The maximum absolute atomic E-state index is 5.97. The normalized spacial score (nSPS) is 24.7. The lowest BCUT2D eigenvalue weighted by Crippen LogP contribution is -2.30. The molecule has 0 aromatic heterocycles. The fourth-order valence-electron chi connectivity index (χ4n) is 2.33. The van der Waals surface area contributed by atoms with Crippen LogP contribution in [0.4, 0.5) is 0 Å². The van der Waals surface area contributed by atoms with Crippen molar-refractivity contribution in [2.75, 3.05) is 13.1 Å². The van der Waals surface area contributed by atoms with E-state index >= 15 is 0 Å². The van der Waals surface area contributed by atoms with E-state index in [1.54, 1.807) is 0 Å². The molecule has 1 aromatic rings. The first kappa shape index (κ1) is 12.9. The zero-order valence-corrected chi connectivity index (χ0v) is 11.3. The molecule has 0 aliphatic heterocycles. The molecule has 17 heavy (non-hydrogen) atoms. The summed E-state index contributed by atoms with van der Waals surface area (Å²) in [6.07, 6.45) is 1.35. The largest absolute Gasteiger partial charge is 0.329 e. The third-order valence-electron chi connectivity index (χ3n) is 3.75. The smallest absolute Gasteiger partial charge is 0.0447 e. The number of hydrogen-bond donors (Lipinski definition) is 2. The highest BCUT2D eigenvalue weighted by Gasteiger charge is 2.32. The highest BCUT2D eigenvalue weighted by molar-refractivity contribution is 6.30. The van der Waals surface area contributed by atoms with Crippen molar-refractivity contribution in [1.82, 2.24) is 5.32 Å². The Balaban J connectivity index is 2.00. The van der Waals surface area contributed by atoms with Gasteiger partial charge in [-0.05, 0) is 55.0 Å². The van der Waals surface area contributed by atoms with E-state index in [9.17, 15) is 0 Å². The van der Waals surface area contributed by atoms with Crippen LogP contribution >= 0.6 is 11.6 Å². The standard InChI is InChI=1S/C14H21ClN2/c1-9-5-11(9)8-17-14(7-16)13-4-3-12(15)6-10(13)2/h3-4,6,9,11,14,17H,5,7-8,16H2,1-2H3. The quantitative estimate of drug-likeness (QED) is 0.846. The lowest BCUT2D eigenvalue weighted by atomic mass is 10.0. The molecule has 3 N–H and O–H groups in total. The second-order valence-corrected chi connectivity index (χ2v) is 5.61. The van der Waals surface area contributed by atoms with Crippen LogP contribution in [0.5, 0.6) is 0 Å². The van der Waals surface area contributed by atoms with Gasteiger partial charge < -0.3 is 11.1 Å². The van der Waals surface area contributed by atoms with Crippen molar-refractivity contribution >= 4 is 11.6 Å². The van der Waals surface area contributed by atoms with Crippen LogP contribution in [0.15, 0.2) is 18.2 Å². The number of nitrogens with one attached hydrogen (secondary N) is 1. The van der Waals surface area contributed by atoms with Gasteiger partial charge in [-0.3, -0.25) is 0 Å². The van der Waals surface area contributed by atoms with Crippen molar-refractivity contribution in [1.29, 1.82) is 0 Å². The van der Waals surface area contributed by atoms with Crippen molar-refractivity contribution < 1.29 is 0 Å². The average Bonchev–Trinajstić information content (AvgIpc) is 2.98. The summed E-state index contributed by atoms with van der Waals surface area (Å²) >= 11 is 5.97. The third-order valence-corrected chi connectivity index (χ3v) is 3.98. The Kier molecular flexibility index (Phi) is 4.08. The van der Waals surface area contributed by atoms with Gasteiger partial charge in [0, 0.05) is 17.6 Å². The minimum absolute atomic E-state index is 0.250. The first-order valence-electron chi connectivity index (χ1n) is 6.31. The number of halogens is 1. The minimum Gasteiger partial charge on any atom is -0.329 e. The van der Waals surface area contributed by atoms with E-state index in [1.807, 2.05) is 12.1 Å². The molecule has 0 spiro atoms. The molecule has 1 aliphatic rings. The van der Waals surface area contributed by atoms with Crippen molar-refractivity contribution in [2.45, 2.75) is 26.3 Å². The maximum atomic E-state index is 5.97. The summed E-state index contributed by atoms with van der Waals surface area (Å²) in [5, 5.41) is 4.36. The molecule has 3 heteroatoms. The molecule has 1 saturated carbocycles. The molecule has 3 atom stereocenters. The zero-order valence-electron chi connectivity index (χ0n) is 10.5. The number of benzene rings is 1. The van der Waals surface area contributed by atoms with Crippen LogP contribution in [0.3, 0.4) is 0 Å². The summed E-state index contributed by atoms with van der Waals surface area (Å²) < 4.78 is 0. The Morgan fingerprint density at radius 2 is 2.24 bits per heavy atom. The lowest BCUT2D eigenvalue weighted by Gasteiger charge is -2.19. The predicted molar refractivity (Wildman–Crippen MR) is 73.3 cm³/mol. The average molecular weight is 253 g/mol. The van der Waals surface area contributed by atoms with Gasteiger partial charge in [0.15, 0.2) is 0 Å². The lowest BCUT2D eigenvalue weighted by molar-refractivity contribution is 0.510. The summed E-state index contributed by atoms with van der Waals surface area (Å²) in [5.74, 6) is 1.73. The van der Waals surface area contributed by atoms with Crippen LogP contribution in [-0.2, 0) is 0 Å². The van der Waals surface area contributed by atoms with Crippen LogP contribution in [0, 0.1) is 18.8 Å². The van der Waals surface area contributed by atoms with Gasteiger partial charge in [-0.25, -0.2) is 0 Å². The van der Waals surface area contributed by atoms with Gasteiger partial charge in [0.05, 0.1) is 0 Å². The fraction of sp³-hybridized carbons (Fsp3) is 0.571. The Morgan fingerprint density at radius 3 is 2.76 bits per heavy atom. The third kappa shape index (κ3) is 3.21. The molecule has 0 heterocycles. The fourth-order valence-corrected chi connectivity index (χ4v) is 2.55. The van der Waals surface area contributed by atoms with Crippen LogP contribution in [0.25, 0.3) is 0 Å². The molecular weight excluding hydrogens is 232 g/mol. The van der Waals surface area contributed by atoms with E-state index in [0.29, 0.717) is 6.54 Å². The Hall–Kier alpha value is -0.570. The van der Waals surface area contributed by atoms with Crippen molar-refractivity contribution in [3.8, 4) is 0 Å². The van der Waals surface area contributed by atoms with Gasteiger partial charge in [-0.1, -0.05) is 24.6 Å². The molecule has 1 aromatic carbocycles. The minimum atomic E-state index is 0.250. The Bertz CT molecular complexity index is 392. The maximum Gasteiger partial charge on any atom is 0.0447 e. The molecule has 3 unspecified atom stereocenters. The van der Waals surface area contributed by atoms with E-state index in [2.05, 4.69) is 25.2 Å². The molecular formula is C14H21ClN2. The van der Waals surface area contributed by atoms with Crippen LogP contribution in [-0.4, -0.2) is 13.1 Å². The highest BCUT2D eigenvalue weighted by atomic mass is 35.5. The van der Waals surface area contributed by atoms with E-state index in [1.165, 1.54) is 17.5 Å². The molecule has 2 nitrogen and oxygen atoms in total. The van der Waals surface area contributed by atoms with Gasteiger partial charge >= 0.3 is 0 Å². The molecule has 1 aliphatic carbocycles. The Labute approximate surface area is 109 Å². The second-order valence-electron chi connectivity index (χ2n) is 5.17. The summed E-state index contributed by atoms with van der Waals surface area (Å²) in [7, 11) is 0. The highest BCUT2D eigenvalue weighted by Crippen LogP contribution is 2.37. The number of nitrogens with two attached hydrogens (primary N) is 1. The summed E-state index contributed by atoms with van der Waals surface area (Å²) in [6.45, 7) is 6.09. The van der Waals surface area contributed by atoms with E-state index in [-0.39, 0.29) is 6.04 Å². The van der Waals surface area contributed by atoms with Crippen molar-refractivity contribution in [2.24, 2.45) is 17.6 Å². The van der Waals surface area contributed by atoms with Crippen LogP contribution < -0.4 is 11.1 Å². The summed E-state index contributed by atoms with van der Waals surface area (Å²) in [4.78, 5) is 0. The monoisotopic (exact) mass is 252 g/mol. The number of rotatable bonds is 5. The van der Waals surface area contributed by atoms with Gasteiger partial charge in [-0.15, -0.1) is 0 Å². The first-order chi connectivity index (χ1) is 8.11. The number of hydrogen-bond acceptors (Lipinski definition) is 2. The summed E-state index contributed by atoms with van der Waals surface area (Å²) in [6, 6.07) is 6.27. The summed E-state index contributed by atoms with van der Waals surface area (Å²) in [5.41, 5.74) is 8.34. The van der Waals surface area contributed by atoms with E-state index < -0.39 is 0 Å². The Morgan fingerprint density at radius 1 is 1.53 bits per heavy atom. The molecule has 94 valence electrons. The van der Waals surface area contributed by atoms with Crippen molar-refractivity contribution in [3.05, 3.63) is 34.3 Å². The molecule has 0 saturated heterocycles. The second kappa shape index (κ2) is 5.38. The molecule has 0 amide bonds.